The lowest BCUT2D eigenvalue weighted by Crippen LogP contribution is -2.19. The van der Waals surface area contributed by atoms with E-state index in [2.05, 4.69) is 0 Å². The minimum Gasteiger partial charge on any atom is -0.368 e. The molecule has 0 fully saturated rings. The van der Waals surface area contributed by atoms with Gasteiger partial charge in [-0.15, -0.1) is 34.8 Å². The van der Waals surface area contributed by atoms with Crippen LogP contribution in [0.25, 0.3) is 0 Å². The highest BCUT2D eigenvalue weighted by Crippen LogP contribution is 2.22. The molecule has 0 aliphatic heterocycles. The van der Waals surface area contributed by atoms with Crippen molar-refractivity contribution >= 4 is 57.9 Å². The molecular weight excluding hydrogens is 487 g/mol. The Balaban J connectivity index is 0.000000331. The lowest BCUT2D eigenvalue weighted by Gasteiger charge is -2.07. The van der Waals surface area contributed by atoms with Gasteiger partial charge in [0.1, 0.15) is 12.0 Å². The first-order chi connectivity index (χ1) is 15.9. The van der Waals surface area contributed by atoms with E-state index < -0.39 is 28.5 Å². The Labute approximate surface area is 209 Å². The van der Waals surface area contributed by atoms with Gasteiger partial charge in [0, 0.05) is 24.6 Å². The number of carbonyl (C=O) groups excluding carboxylic acids is 4. The second-order valence-corrected chi connectivity index (χ2v) is 8.16. The third-order valence-corrected chi connectivity index (χ3v) is 5.31. The van der Waals surface area contributed by atoms with E-state index in [4.69, 9.17) is 39.5 Å². The summed E-state index contributed by atoms with van der Waals surface area (Å²) >= 11 is 16.8. The Morgan fingerprint density at radius 3 is 1.79 bits per heavy atom. The Morgan fingerprint density at radius 1 is 0.727 bits per heavy atom. The predicted octanol–water partition coefficient (Wildman–Crippen LogP) is 5.48. The average molecular weight is 514 g/mol. The molecule has 2 rings (SSSR count). The molecule has 2 aromatic carbocycles. The van der Waals surface area contributed by atoms with E-state index in [1.54, 1.807) is 24.3 Å². The van der Waals surface area contributed by atoms with E-state index in [9.17, 15) is 19.2 Å². The molecule has 0 N–H and O–H groups in total. The number of ether oxygens (including phenoxy) is 1. The van der Waals surface area contributed by atoms with Gasteiger partial charge >= 0.3 is 0 Å². The van der Waals surface area contributed by atoms with Crippen LogP contribution in [-0.4, -0.2) is 41.5 Å². The highest BCUT2D eigenvalue weighted by Gasteiger charge is 2.23. The first kappa shape index (κ1) is 29.0. The number of Topliss-reactive ketones (excluding diaryl/α,β-unsaturated/α-hetero) is 4. The summed E-state index contributed by atoms with van der Waals surface area (Å²) in [4.78, 5) is 45.6. The van der Waals surface area contributed by atoms with Crippen molar-refractivity contribution < 1.29 is 23.9 Å². The number of benzene rings is 2. The first-order valence-corrected chi connectivity index (χ1v) is 12.0. The zero-order chi connectivity index (χ0) is 24.5. The molecule has 1 atom stereocenters. The van der Waals surface area contributed by atoms with E-state index in [0.29, 0.717) is 36.8 Å². The van der Waals surface area contributed by atoms with E-state index in [1.165, 1.54) is 0 Å². The fraction of sp³-hybridized carbons (Fsp3) is 0.360. The summed E-state index contributed by atoms with van der Waals surface area (Å²) in [7, 11) is 0. The van der Waals surface area contributed by atoms with Crippen molar-refractivity contribution in [2.24, 2.45) is 0 Å². The summed E-state index contributed by atoms with van der Waals surface area (Å²) in [5.74, 6) is -1.13. The van der Waals surface area contributed by atoms with Crippen molar-refractivity contribution in [3.63, 3.8) is 0 Å². The molecular formula is C25H27Cl3O5. The summed E-state index contributed by atoms with van der Waals surface area (Å²) in [6, 6.07) is 18.3. The van der Waals surface area contributed by atoms with Gasteiger partial charge < -0.3 is 4.74 Å². The van der Waals surface area contributed by atoms with Gasteiger partial charge in [0.2, 0.25) is 17.3 Å². The van der Waals surface area contributed by atoms with Gasteiger partial charge in [-0.2, -0.15) is 0 Å². The maximum atomic E-state index is 11.6. The van der Waals surface area contributed by atoms with Gasteiger partial charge in [-0.05, 0) is 24.0 Å². The minimum atomic E-state index is -0.885. The highest BCUT2D eigenvalue weighted by molar-refractivity contribution is 6.49. The molecule has 0 spiro atoms. The van der Waals surface area contributed by atoms with Gasteiger partial charge in [0.15, 0.2) is 5.78 Å². The molecule has 1 unspecified atom stereocenters. The third kappa shape index (κ3) is 12.1. The minimum absolute atomic E-state index is 0.157. The smallest absolute Gasteiger partial charge is 0.223 e. The van der Waals surface area contributed by atoms with Crippen LogP contribution in [0.4, 0.5) is 0 Å². The van der Waals surface area contributed by atoms with E-state index in [0.717, 1.165) is 5.56 Å². The second-order valence-electron chi connectivity index (χ2n) is 6.97. The first-order valence-electron chi connectivity index (χ1n) is 10.5. The number of carbonyl (C=O) groups is 4. The molecule has 0 bridgehead atoms. The van der Waals surface area contributed by atoms with Crippen LogP contribution in [0.1, 0.15) is 42.2 Å². The molecule has 0 aliphatic rings. The molecule has 0 saturated carbocycles. The predicted molar refractivity (Wildman–Crippen MR) is 131 cm³/mol. The third-order valence-electron chi connectivity index (χ3n) is 4.33. The van der Waals surface area contributed by atoms with Crippen molar-refractivity contribution in [3.05, 3.63) is 71.8 Å². The SMILES string of the molecule is O=C(CCCCl)C(=O)C(Cl)c1ccccc1.O=C(CCCCl)C(=O)COCc1ccccc1. The molecule has 8 heteroatoms. The Kier molecular flexibility index (Phi) is 15.3. The van der Waals surface area contributed by atoms with Crippen molar-refractivity contribution in [2.45, 2.75) is 37.7 Å². The Hall–Kier alpha value is -2.05. The van der Waals surface area contributed by atoms with Crippen molar-refractivity contribution in [3.8, 4) is 0 Å². The van der Waals surface area contributed by atoms with Gasteiger partial charge in [-0.3, -0.25) is 19.2 Å². The summed E-state index contributed by atoms with van der Waals surface area (Å²) in [6.45, 7) is 0.186. The molecule has 2 aromatic rings. The van der Waals surface area contributed by atoms with Crippen LogP contribution in [0.3, 0.4) is 0 Å². The lowest BCUT2D eigenvalue weighted by molar-refractivity contribution is -0.139. The normalized spacial score (nSPS) is 11.1. The van der Waals surface area contributed by atoms with Crippen LogP contribution in [0.2, 0.25) is 0 Å². The van der Waals surface area contributed by atoms with Crippen LogP contribution < -0.4 is 0 Å². The molecule has 5 nitrogen and oxygen atoms in total. The maximum Gasteiger partial charge on any atom is 0.223 e. The van der Waals surface area contributed by atoms with Crippen molar-refractivity contribution in [1.82, 2.24) is 0 Å². The number of hydrogen-bond acceptors (Lipinski definition) is 5. The van der Waals surface area contributed by atoms with Crippen LogP contribution in [0, 0.1) is 0 Å². The largest absolute Gasteiger partial charge is 0.368 e. The van der Waals surface area contributed by atoms with Crippen molar-refractivity contribution in [1.29, 1.82) is 0 Å². The number of ketones is 4. The summed E-state index contributed by atoms with van der Waals surface area (Å²) < 4.78 is 5.18. The molecule has 33 heavy (non-hydrogen) atoms. The van der Waals surface area contributed by atoms with Gasteiger partial charge in [-0.1, -0.05) is 60.7 Å². The van der Waals surface area contributed by atoms with Crippen LogP contribution in [0.5, 0.6) is 0 Å². The quantitative estimate of drug-likeness (QED) is 0.247. The highest BCUT2D eigenvalue weighted by atomic mass is 35.5. The number of rotatable bonds is 14. The molecule has 0 aliphatic carbocycles. The number of alkyl halides is 3. The van der Waals surface area contributed by atoms with Gasteiger partial charge in [0.05, 0.1) is 6.61 Å². The molecule has 0 saturated heterocycles. The van der Waals surface area contributed by atoms with E-state index in [-0.39, 0.29) is 19.4 Å². The Bertz CT molecular complexity index is 872. The van der Waals surface area contributed by atoms with Crippen LogP contribution in [0.15, 0.2) is 60.7 Å². The zero-order valence-electron chi connectivity index (χ0n) is 18.2. The van der Waals surface area contributed by atoms with Crippen molar-refractivity contribution in [2.75, 3.05) is 18.4 Å². The topological polar surface area (TPSA) is 77.5 Å². The number of halogens is 3. The maximum absolute atomic E-state index is 11.6. The molecule has 178 valence electrons. The summed E-state index contributed by atoms with van der Waals surface area (Å²) in [5.41, 5.74) is 1.63. The molecule has 0 amide bonds. The van der Waals surface area contributed by atoms with E-state index >= 15 is 0 Å². The lowest BCUT2D eigenvalue weighted by atomic mass is 10.0. The molecule has 0 aromatic heterocycles. The summed E-state index contributed by atoms with van der Waals surface area (Å²) in [6.07, 6.45) is 1.41. The fourth-order valence-corrected chi connectivity index (χ4v) is 3.08. The van der Waals surface area contributed by atoms with Crippen LogP contribution >= 0.6 is 34.8 Å². The van der Waals surface area contributed by atoms with Gasteiger partial charge in [-0.25, -0.2) is 0 Å². The number of hydrogen-bond donors (Lipinski definition) is 0. The monoisotopic (exact) mass is 512 g/mol. The zero-order valence-corrected chi connectivity index (χ0v) is 20.5. The van der Waals surface area contributed by atoms with E-state index in [1.807, 2.05) is 36.4 Å². The standard InChI is InChI=1S/C13H15ClO3.C12H12Cl2O2/c14-8-4-7-12(15)13(16)10-17-9-11-5-2-1-3-6-11;13-8-4-7-10(15)12(16)11(14)9-5-2-1-3-6-9/h1-3,5-6H,4,7-10H2;1-3,5-6,11H,4,7-8H2. The fourth-order valence-electron chi connectivity index (χ4n) is 2.55. The summed E-state index contributed by atoms with van der Waals surface area (Å²) in [5, 5.41) is -0.885. The Morgan fingerprint density at radius 2 is 1.24 bits per heavy atom. The average Bonchev–Trinajstić information content (AvgIpc) is 2.86. The van der Waals surface area contributed by atoms with Crippen LogP contribution in [-0.2, 0) is 30.5 Å². The van der Waals surface area contributed by atoms with Gasteiger partial charge in [0.25, 0.3) is 0 Å². The molecule has 0 heterocycles. The second kappa shape index (κ2) is 17.4. The molecule has 0 radical (unpaired) electrons.